The van der Waals surface area contributed by atoms with Gasteiger partial charge in [0.05, 0.1) is 0 Å². The van der Waals surface area contributed by atoms with Crippen LogP contribution in [0.25, 0.3) is 0 Å². The second-order valence-electron chi connectivity index (χ2n) is 3.43. The first-order valence-corrected chi connectivity index (χ1v) is 5.52. The summed E-state index contributed by atoms with van der Waals surface area (Å²) in [5, 5.41) is 17.4. The molecule has 0 saturated carbocycles. The standard InChI is InChI=1S/C8H15BrN2O4/c9-4-8(11,7(14)15)3-1-2-5(10)6(12)13/h5H,1-4,10-11H2,(H,12,13)(H,14,15). The van der Waals surface area contributed by atoms with Crippen LogP contribution in [0.2, 0.25) is 0 Å². The largest absolute Gasteiger partial charge is 0.480 e. The number of aliphatic carboxylic acids is 2. The second kappa shape index (κ2) is 6.04. The lowest BCUT2D eigenvalue weighted by Crippen LogP contribution is -2.49. The Morgan fingerprint density at radius 1 is 1.40 bits per heavy atom. The molecule has 2 atom stereocenters. The van der Waals surface area contributed by atoms with Gasteiger partial charge in [0.25, 0.3) is 0 Å². The van der Waals surface area contributed by atoms with Crippen molar-refractivity contribution in [1.29, 1.82) is 0 Å². The molecule has 0 spiro atoms. The number of carbonyl (C=O) groups is 2. The molecule has 7 heteroatoms. The predicted molar refractivity (Wildman–Crippen MR) is 57.8 cm³/mol. The molecule has 0 aromatic rings. The molecule has 0 radical (unpaired) electrons. The Bertz CT molecular complexity index is 249. The second-order valence-corrected chi connectivity index (χ2v) is 3.99. The zero-order chi connectivity index (χ0) is 12.1. The molecule has 0 heterocycles. The highest BCUT2D eigenvalue weighted by Gasteiger charge is 2.32. The monoisotopic (exact) mass is 282 g/mol. The molecule has 2 unspecified atom stereocenters. The van der Waals surface area contributed by atoms with Gasteiger partial charge in [0.2, 0.25) is 0 Å². The molecule has 0 aromatic heterocycles. The molecule has 88 valence electrons. The van der Waals surface area contributed by atoms with Crippen LogP contribution in [0, 0.1) is 0 Å². The highest BCUT2D eigenvalue weighted by molar-refractivity contribution is 9.09. The van der Waals surface area contributed by atoms with Gasteiger partial charge in [0.15, 0.2) is 0 Å². The molecule has 15 heavy (non-hydrogen) atoms. The highest BCUT2D eigenvalue weighted by Crippen LogP contribution is 2.15. The Hall–Kier alpha value is -0.660. The third-order valence-corrected chi connectivity index (χ3v) is 3.12. The number of nitrogens with two attached hydrogens (primary N) is 2. The summed E-state index contributed by atoms with van der Waals surface area (Å²) >= 11 is 3.02. The van der Waals surface area contributed by atoms with E-state index < -0.39 is 23.5 Å². The van der Waals surface area contributed by atoms with Crippen LogP contribution in [0.1, 0.15) is 19.3 Å². The lowest BCUT2D eigenvalue weighted by atomic mass is 9.95. The predicted octanol–water partition coefficient (Wildman–Crippen LogP) is -0.254. The fourth-order valence-corrected chi connectivity index (χ4v) is 1.51. The van der Waals surface area contributed by atoms with E-state index in [0.717, 1.165) is 0 Å². The van der Waals surface area contributed by atoms with Gasteiger partial charge in [0.1, 0.15) is 11.6 Å². The zero-order valence-electron chi connectivity index (χ0n) is 8.15. The average Bonchev–Trinajstić information content (AvgIpc) is 2.16. The Labute approximate surface area is 95.8 Å². The van der Waals surface area contributed by atoms with Gasteiger partial charge < -0.3 is 21.7 Å². The van der Waals surface area contributed by atoms with E-state index in [1.165, 1.54) is 0 Å². The van der Waals surface area contributed by atoms with E-state index in [2.05, 4.69) is 15.9 Å². The summed E-state index contributed by atoms with van der Waals surface area (Å²) in [6.45, 7) is 0. The Morgan fingerprint density at radius 2 is 1.93 bits per heavy atom. The maximum Gasteiger partial charge on any atom is 0.324 e. The summed E-state index contributed by atoms with van der Waals surface area (Å²) in [5.41, 5.74) is 9.48. The van der Waals surface area contributed by atoms with E-state index in [-0.39, 0.29) is 18.2 Å². The topological polar surface area (TPSA) is 127 Å². The van der Waals surface area contributed by atoms with Gasteiger partial charge in [-0.25, -0.2) is 0 Å². The highest BCUT2D eigenvalue weighted by atomic mass is 79.9. The van der Waals surface area contributed by atoms with E-state index in [4.69, 9.17) is 21.7 Å². The van der Waals surface area contributed by atoms with Crippen LogP contribution in [-0.2, 0) is 9.59 Å². The molecule has 0 aliphatic carbocycles. The van der Waals surface area contributed by atoms with Crippen LogP contribution >= 0.6 is 15.9 Å². The third kappa shape index (κ3) is 4.59. The number of carboxylic acid groups (broad SMARTS) is 2. The van der Waals surface area contributed by atoms with Gasteiger partial charge in [0, 0.05) is 5.33 Å². The number of hydrogen-bond donors (Lipinski definition) is 4. The van der Waals surface area contributed by atoms with Crippen molar-refractivity contribution in [3.63, 3.8) is 0 Å². The van der Waals surface area contributed by atoms with Gasteiger partial charge in [-0.2, -0.15) is 0 Å². The number of carboxylic acids is 2. The van der Waals surface area contributed by atoms with E-state index in [1.807, 2.05) is 0 Å². The van der Waals surface area contributed by atoms with Gasteiger partial charge >= 0.3 is 11.9 Å². The van der Waals surface area contributed by atoms with Gasteiger partial charge in [-0.05, 0) is 19.3 Å². The maximum atomic E-state index is 10.8. The fraction of sp³-hybridized carbons (Fsp3) is 0.750. The molecular weight excluding hydrogens is 268 g/mol. The van der Waals surface area contributed by atoms with E-state index in [1.54, 1.807) is 0 Å². The van der Waals surface area contributed by atoms with Crippen molar-refractivity contribution in [3.8, 4) is 0 Å². The summed E-state index contributed by atoms with van der Waals surface area (Å²) < 4.78 is 0. The first-order valence-electron chi connectivity index (χ1n) is 4.40. The molecule has 6 nitrogen and oxygen atoms in total. The SMILES string of the molecule is NC(CCCC(N)(CBr)C(=O)O)C(=O)O. The smallest absolute Gasteiger partial charge is 0.324 e. The summed E-state index contributed by atoms with van der Waals surface area (Å²) in [4.78, 5) is 21.1. The van der Waals surface area contributed by atoms with Crippen molar-refractivity contribution in [1.82, 2.24) is 0 Å². The Balaban J connectivity index is 4.03. The molecule has 0 aromatic carbocycles. The molecule has 0 saturated heterocycles. The number of alkyl halides is 1. The molecule has 0 amide bonds. The molecule has 0 aliphatic heterocycles. The van der Waals surface area contributed by atoms with Crippen molar-refractivity contribution in [2.45, 2.75) is 30.8 Å². The summed E-state index contributed by atoms with van der Waals surface area (Å²) in [5.74, 6) is -2.20. The molecular formula is C8H15BrN2O4. The third-order valence-electron chi connectivity index (χ3n) is 2.12. The van der Waals surface area contributed by atoms with E-state index >= 15 is 0 Å². The van der Waals surface area contributed by atoms with Crippen molar-refractivity contribution >= 4 is 27.9 Å². The normalized spacial score (nSPS) is 16.7. The summed E-state index contributed by atoms with van der Waals surface area (Å²) in [6.07, 6.45) is 0.769. The first-order chi connectivity index (χ1) is 6.83. The molecule has 0 rings (SSSR count). The fourth-order valence-electron chi connectivity index (χ4n) is 0.992. The lowest BCUT2D eigenvalue weighted by molar-refractivity contribution is -0.142. The zero-order valence-corrected chi connectivity index (χ0v) is 9.74. The minimum absolute atomic E-state index is 0.123. The van der Waals surface area contributed by atoms with Crippen LogP contribution < -0.4 is 11.5 Å². The quantitative estimate of drug-likeness (QED) is 0.477. The van der Waals surface area contributed by atoms with Crippen molar-refractivity contribution in [3.05, 3.63) is 0 Å². The van der Waals surface area contributed by atoms with E-state index in [0.29, 0.717) is 6.42 Å². The Morgan fingerprint density at radius 3 is 2.27 bits per heavy atom. The van der Waals surface area contributed by atoms with Gasteiger partial charge in [-0.3, -0.25) is 9.59 Å². The molecule has 0 aliphatic rings. The average molecular weight is 283 g/mol. The number of rotatable bonds is 7. The van der Waals surface area contributed by atoms with Crippen LogP contribution in [0.5, 0.6) is 0 Å². The Kier molecular flexibility index (Phi) is 5.77. The van der Waals surface area contributed by atoms with Crippen molar-refractivity contribution < 1.29 is 19.8 Å². The van der Waals surface area contributed by atoms with Crippen LogP contribution in [0.15, 0.2) is 0 Å². The van der Waals surface area contributed by atoms with Crippen molar-refractivity contribution in [2.75, 3.05) is 5.33 Å². The molecule has 0 bridgehead atoms. The number of hydrogen-bond acceptors (Lipinski definition) is 4. The molecule has 0 fully saturated rings. The molecule has 6 N–H and O–H groups in total. The van der Waals surface area contributed by atoms with Crippen molar-refractivity contribution in [2.24, 2.45) is 11.5 Å². The van der Waals surface area contributed by atoms with Crippen LogP contribution in [-0.4, -0.2) is 39.1 Å². The number of halogens is 1. The first kappa shape index (κ1) is 14.3. The van der Waals surface area contributed by atoms with Crippen LogP contribution in [0.3, 0.4) is 0 Å². The van der Waals surface area contributed by atoms with Gasteiger partial charge in [-0.1, -0.05) is 15.9 Å². The van der Waals surface area contributed by atoms with Crippen LogP contribution in [0.4, 0.5) is 0 Å². The maximum absolute atomic E-state index is 10.8. The summed E-state index contributed by atoms with van der Waals surface area (Å²) in [7, 11) is 0. The summed E-state index contributed by atoms with van der Waals surface area (Å²) in [6, 6.07) is -0.960. The lowest BCUT2D eigenvalue weighted by Gasteiger charge is -2.22. The minimum atomic E-state index is -1.35. The van der Waals surface area contributed by atoms with E-state index in [9.17, 15) is 9.59 Å². The van der Waals surface area contributed by atoms with Gasteiger partial charge in [-0.15, -0.1) is 0 Å². The minimum Gasteiger partial charge on any atom is -0.480 e.